The molecule has 33 heavy (non-hydrogen) atoms. The quantitative estimate of drug-likeness (QED) is 0.344. The number of aliphatic imine (C=N–C) groups is 1. The average molecular weight is 484 g/mol. The molecule has 0 saturated carbocycles. The van der Waals surface area contributed by atoms with Gasteiger partial charge in [0, 0.05) is 11.8 Å². The van der Waals surface area contributed by atoms with Crippen LogP contribution in [0.5, 0.6) is 0 Å². The first-order valence-corrected chi connectivity index (χ1v) is 10.1. The molecule has 0 amide bonds. The van der Waals surface area contributed by atoms with Gasteiger partial charge in [-0.1, -0.05) is 17.7 Å². The molecule has 1 unspecified atom stereocenters. The monoisotopic (exact) mass is 483 g/mol. The van der Waals surface area contributed by atoms with Gasteiger partial charge in [0.1, 0.15) is 23.5 Å². The van der Waals surface area contributed by atoms with Gasteiger partial charge in [0.15, 0.2) is 5.69 Å². The van der Waals surface area contributed by atoms with Crippen LogP contribution in [0.25, 0.3) is 5.69 Å². The second-order valence-electron chi connectivity index (χ2n) is 7.14. The molecule has 3 aromatic rings. The van der Waals surface area contributed by atoms with E-state index in [-0.39, 0.29) is 29.4 Å². The highest BCUT2D eigenvalue weighted by atomic mass is 35.5. The summed E-state index contributed by atoms with van der Waals surface area (Å²) in [5.74, 6) is -2.63. The van der Waals surface area contributed by atoms with Crippen LogP contribution >= 0.6 is 11.6 Å². The van der Waals surface area contributed by atoms with Crippen molar-refractivity contribution in [2.45, 2.75) is 26.1 Å². The Morgan fingerprint density at radius 2 is 1.82 bits per heavy atom. The van der Waals surface area contributed by atoms with Gasteiger partial charge in [0.25, 0.3) is 0 Å². The number of rotatable bonds is 3. The lowest BCUT2D eigenvalue weighted by Gasteiger charge is -2.18. The smallest absolute Gasteiger partial charge is 0.417 e. The molecule has 1 aromatic heterocycles. The predicted octanol–water partition coefficient (Wildman–Crippen LogP) is 5.91. The number of esters is 1. The number of fused-ring (bicyclic) bond motifs is 3. The van der Waals surface area contributed by atoms with Crippen LogP contribution in [0, 0.1) is 11.6 Å². The molecular formula is C22H15ClF5N3O2. The molecule has 172 valence electrons. The zero-order valence-electron chi connectivity index (χ0n) is 17.2. The molecule has 0 aliphatic carbocycles. The van der Waals surface area contributed by atoms with E-state index in [2.05, 4.69) is 9.98 Å². The summed E-state index contributed by atoms with van der Waals surface area (Å²) >= 11 is 6.20. The first-order chi connectivity index (χ1) is 15.5. The predicted molar refractivity (Wildman–Crippen MR) is 110 cm³/mol. The molecular weight excluding hydrogens is 469 g/mol. The highest BCUT2D eigenvalue weighted by Gasteiger charge is 2.38. The molecule has 0 radical (unpaired) electrons. The first kappa shape index (κ1) is 22.9. The van der Waals surface area contributed by atoms with Gasteiger partial charge in [0.05, 0.1) is 34.2 Å². The fourth-order valence-electron chi connectivity index (χ4n) is 3.63. The van der Waals surface area contributed by atoms with E-state index in [1.807, 2.05) is 0 Å². The molecule has 1 atom stereocenters. The molecule has 2 aromatic carbocycles. The van der Waals surface area contributed by atoms with Crippen LogP contribution in [0.2, 0.25) is 5.02 Å². The fourth-order valence-corrected chi connectivity index (χ4v) is 3.98. The van der Waals surface area contributed by atoms with Crippen molar-refractivity contribution in [2.75, 3.05) is 6.61 Å². The van der Waals surface area contributed by atoms with Crippen LogP contribution in [0.1, 0.15) is 52.9 Å². The Bertz CT molecular complexity index is 1280. The third kappa shape index (κ3) is 3.88. The summed E-state index contributed by atoms with van der Waals surface area (Å²) in [7, 11) is 0. The van der Waals surface area contributed by atoms with Gasteiger partial charge in [-0.15, -0.1) is 0 Å². The normalized spacial score (nSPS) is 15.4. The first-order valence-electron chi connectivity index (χ1n) is 9.73. The van der Waals surface area contributed by atoms with Crippen LogP contribution in [0.15, 0.2) is 41.5 Å². The van der Waals surface area contributed by atoms with E-state index in [1.165, 1.54) is 17.7 Å². The molecule has 0 bridgehead atoms. The minimum atomic E-state index is -4.84. The number of hydrogen-bond acceptors (Lipinski definition) is 4. The van der Waals surface area contributed by atoms with E-state index >= 15 is 0 Å². The standard InChI is InChI=1S/C22H15ClF5N3O2/c1-3-33-21(32)14-9-31-15-8-7-11(22(26,27)28)18(23)17(15)19(29-10(2)20(31)30-14)16-12(24)5-4-6-13(16)25/h4-10H,3H2,1-2H3. The Morgan fingerprint density at radius 1 is 1.15 bits per heavy atom. The number of nitrogens with zero attached hydrogens (tertiary/aromatic N) is 3. The number of imidazole rings is 1. The minimum Gasteiger partial charge on any atom is -0.461 e. The van der Waals surface area contributed by atoms with Crippen molar-refractivity contribution >= 4 is 23.3 Å². The van der Waals surface area contributed by atoms with Crippen molar-refractivity contribution in [2.24, 2.45) is 4.99 Å². The zero-order valence-corrected chi connectivity index (χ0v) is 17.9. The van der Waals surface area contributed by atoms with Crippen molar-refractivity contribution in [3.8, 4) is 5.69 Å². The Morgan fingerprint density at radius 3 is 2.42 bits per heavy atom. The van der Waals surface area contributed by atoms with E-state index in [4.69, 9.17) is 16.3 Å². The third-order valence-electron chi connectivity index (χ3n) is 5.04. The Kier molecular flexibility index (Phi) is 5.73. The molecule has 0 N–H and O–H groups in total. The summed E-state index contributed by atoms with van der Waals surface area (Å²) in [5, 5.41) is -0.784. The molecule has 4 rings (SSSR count). The van der Waals surface area contributed by atoms with Gasteiger partial charge in [-0.2, -0.15) is 13.2 Å². The highest BCUT2D eigenvalue weighted by Crippen LogP contribution is 2.42. The number of carbonyl (C=O) groups is 1. The van der Waals surface area contributed by atoms with E-state index < -0.39 is 51.7 Å². The zero-order chi connectivity index (χ0) is 24.1. The Balaban J connectivity index is 2.07. The van der Waals surface area contributed by atoms with Crippen LogP contribution < -0.4 is 0 Å². The van der Waals surface area contributed by atoms with Crippen LogP contribution in [-0.4, -0.2) is 27.8 Å². The summed E-state index contributed by atoms with van der Waals surface area (Å²) in [6.45, 7) is 3.22. The second-order valence-corrected chi connectivity index (χ2v) is 7.52. The van der Waals surface area contributed by atoms with Crippen molar-refractivity contribution in [3.05, 3.63) is 81.4 Å². The molecule has 1 aliphatic heterocycles. The number of halogens is 6. The van der Waals surface area contributed by atoms with Crippen LogP contribution in [0.4, 0.5) is 22.0 Å². The summed E-state index contributed by atoms with van der Waals surface area (Å²) < 4.78 is 76.5. The maximum atomic E-state index is 14.7. The van der Waals surface area contributed by atoms with Gasteiger partial charge in [-0.05, 0) is 38.1 Å². The number of carbonyl (C=O) groups excluding carboxylic acids is 1. The summed E-state index contributed by atoms with van der Waals surface area (Å²) in [4.78, 5) is 20.7. The van der Waals surface area contributed by atoms with Crippen molar-refractivity contribution in [1.82, 2.24) is 9.55 Å². The molecule has 0 saturated heterocycles. The van der Waals surface area contributed by atoms with Crippen molar-refractivity contribution < 1.29 is 31.5 Å². The third-order valence-corrected chi connectivity index (χ3v) is 5.43. The number of hydrogen-bond donors (Lipinski definition) is 0. The lowest BCUT2D eigenvalue weighted by atomic mass is 9.97. The molecule has 0 fully saturated rings. The van der Waals surface area contributed by atoms with Crippen molar-refractivity contribution in [1.29, 1.82) is 0 Å². The molecule has 5 nitrogen and oxygen atoms in total. The number of alkyl halides is 3. The van der Waals surface area contributed by atoms with Gasteiger partial charge >= 0.3 is 12.1 Å². The summed E-state index contributed by atoms with van der Waals surface area (Å²) in [6.07, 6.45) is -3.57. The average Bonchev–Trinajstić information content (AvgIpc) is 3.13. The van der Waals surface area contributed by atoms with Crippen LogP contribution in [-0.2, 0) is 10.9 Å². The Labute approximate surface area is 189 Å². The van der Waals surface area contributed by atoms with Gasteiger partial charge < -0.3 is 9.30 Å². The number of ether oxygens (including phenoxy) is 1. The minimum absolute atomic E-state index is 0.0248. The molecule has 0 spiro atoms. The summed E-state index contributed by atoms with van der Waals surface area (Å²) in [5.41, 5.74) is -2.63. The summed E-state index contributed by atoms with van der Waals surface area (Å²) in [6, 6.07) is 4.00. The largest absolute Gasteiger partial charge is 0.461 e. The molecule has 11 heteroatoms. The number of benzene rings is 2. The van der Waals surface area contributed by atoms with Gasteiger partial charge in [-0.25, -0.2) is 18.6 Å². The highest BCUT2D eigenvalue weighted by molar-refractivity contribution is 6.37. The van der Waals surface area contributed by atoms with E-state index in [0.29, 0.717) is 0 Å². The topological polar surface area (TPSA) is 56.5 Å². The van der Waals surface area contributed by atoms with E-state index in [1.54, 1.807) is 6.92 Å². The van der Waals surface area contributed by atoms with E-state index in [9.17, 15) is 26.7 Å². The lowest BCUT2D eigenvalue weighted by Crippen LogP contribution is -2.15. The second kappa shape index (κ2) is 8.26. The number of aromatic nitrogens is 2. The maximum Gasteiger partial charge on any atom is 0.417 e. The fraction of sp³-hybridized carbons (Fsp3) is 0.227. The Hall–Kier alpha value is -3.27. The maximum absolute atomic E-state index is 14.7. The SMILES string of the molecule is CCOC(=O)c1cn2c(n1)C(C)N=C(c1c(F)cccc1F)c1c-2ccc(C(F)(F)F)c1Cl. The van der Waals surface area contributed by atoms with E-state index in [0.717, 1.165) is 30.3 Å². The van der Waals surface area contributed by atoms with Gasteiger partial charge in [0.2, 0.25) is 0 Å². The molecule has 2 heterocycles. The van der Waals surface area contributed by atoms with Gasteiger partial charge in [-0.3, -0.25) is 4.99 Å². The van der Waals surface area contributed by atoms with Crippen molar-refractivity contribution in [3.63, 3.8) is 0 Å². The lowest BCUT2D eigenvalue weighted by molar-refractivity contribution is -0.137. The molecule has 1 aliphatic rings. The van der Waals surface area contributed by atoms with Crippen LogP contribution in [0.3, 0.4) is 0 Å².